The molecule has 1 aromatic heterocycles. The molecule has 0 aliphatic rings. The quantitative estimate of drug-likeness (QED) is 0.203. The number of aryl methyl sites for hydroxylation is 2. The zero-order valence-corrected chi connectivity index (χ0v) is 21.1. The number of rotatable bonds is 8. The largest absolute Gasteiger partial charge is 0.457 e. The van der Waals surface area contributed by atoms with Gasteiger partial charge in [0.05, 0.1) is 0 Å². The molecule has 38 heavy (non-hydrogen) atoms. The summed E-state index contributed by atoms with van der Waals surface area (Å²) >= 11 is 0. The van der Waals surface area contributed by atoms with Crippen molar-refractivity contribution < 1.29 is 9.53 Å². The van der Waals surface area contributed by atoms with Gasteiger partial charge in [-0.3, -0.25) is 4.79 Å². The minimum absolute atomic E-state index is 0.199. The summed E-state index contributed by atoms with van der Waals surface area (Å²) in [5.41, 5.74) is 5.01. The summed E-state index contributed by atoms with van der Waals surface area (Å²) in [5.74, 6) is 2.40. The SMILES string of the molecule is Cc1ccc(Nc2nc(C)cc(Nc3ccc(NC(=O)c4ccc(Oc5ccccc5)cc4)cc3)n2)cc1. The van der Waals surface area contributed by atoms with Crippen LogP contribution in [0.4, 0.5) is 28.8 Å². The molecule has 4 aromatic carbocycles. The van der Waals surface area contributed by atoms with Gasteiger partial charge in [-0.2, -0.15) is 4.98 Å². The van der Waals surface area contributed by atoms with E-state index < -0.39 is 0 Å². The summed E-state index contributed by atoms with van der Waals surface area (Å²) in [7, 11) is 0. The van der Waals surface area contributed by atoms with Gasteiger partial charge < -0.3 is 20.7 Å². The predicted molar refractivity (Wildman–Crippen MR) is 152 cm³/mol. The highest BCUT2D eigenvalue weighted by Crippen LogP contribution is 2.23. The number of nitrogens with zero attached hydrogens (tertiary/aromatic N) is 2. The molecule has 7 heteroatoms. The second-order valence-corrected chi connectivity index (χ2v) is 8.81. The van der Waals surface area contributed by atoms with Gasteiger partial charge >= 0.3 is 0 Å². The molecular formula is C31H27N5O2. The number of nitrogens with one attached hydrogen (secondary N) is 3. The Morgan fingerprint density at radius 3 is 1.97 bits per heavy atom. The third kappa shape index (κ3) is 6.53. The number of hydrogen-bond acceptors (Lipinski definition) is 6. The van der Waals surface area contributed by atoms with Crippen molar-refractivity contribution in [3.63, 3.8) is 0 Å². The van der Waals surface area contributed by atoms with Gasteiger partial charge in [0.15, 0.2) is 0 Å². The van der Waals surface area contributed by atoms with Crippen LogP contribution in [-0.2, 0) is 0 Å². The molecule has 188 valence electrons. The first-order valence-corrected chi connectivity index (χ1v) is 12.2. The Hall–Kier alpha value is -5.17. The maximum atomic E-state index is 12.7. The summed E-state index contributed by atoms with van der Waals surface area (Å²) in [5, 5.41) is 9.47. The summed E-state index contributed by atoms with van der Waals surface area (Å²) in [4.78, 5) is 21.8. The molecule has 0 aliphatic carbocycles. The van der Waals surface area contributed by atoms with Gasteiger partial charge in [-0.1, -0.05) is 35.9 Å². The van der Waals surface area contributed by atoms with Crippen molar-refractivity contribution in [3.8, 4) is 11.5 Å². The van der Waals surface area contributed by atoms with Gasteiger partial charge in [0.2, 0.25) is 5.95 Å². The number of carbonyl (C=O) groups excluding carboxylic acids is 1. The summed E-state index contributed by atoms with van der Waals surface area (Å²) < 4.78 is 5.79. The standard InChI is InChI=1S/C31H27N5O2/c1-21-8-12-26(13-9-21)35-31-32-22(2)20-29(36-31)33-24-14-16-25(17-15-24)34-30(37)23-10-18-28(19-11-23)38-27-6-4-3-5-7-27/h3-20H,1-2H3,(H,34,37)(H2,32,33,35,36). The lowest BCUT2D eigenvalue weighted by Crippen LogP contribution is -2.11. The first-order valence-electron chi connectivity index (χ1n) is 12.2. The van der Waals surface area contributed by atoms with Crippen LogP contribution in [0.25, 0.3) is 0 Å². The van der Waals surface area contributed by atoms with Crippen molar-refractivity contribution in [2.45, 2.75) is 13.8 Å². The molecule has 5 rings (SSSR count). The molecule has 0 unspecified atom stereocenters. The van der Waals surface area contributed by atoms with Crippen LogP contribution in [-0.4, -0.2) is 15.9 Å². The first kappa shape index (κ1) is 24.5. The molecule has 1 heterocycles. The van der Waals surface area contributed by atoms with E-state index in [1.165, 1.54) is 5.56 Å². The van der Waals surface area contributed by atoms with E-state index in [-0.39, 0.29) is 5.91 Å². The smallest absolute Gasteiger partial charge is 0.255 e. The van der Waals surface area contributed by atoms with Crippen LogP contribution in [0.3, 0.4) is 0 Å². The number of carbonyl (C=O) groups is 1. The minimum atomic E-state index is -0.199. The Morgan fingerprint density at radius 1 is 0.658 bits per heavy atom. The molecule has 0 atom stereocenters. The van der Waals surface area contributed by atoms with Crippen molar-refractivity contribution in [2.75, 3.05) is 16.0 Å². The normalized spacial score (nSPS) is 10.5. The predicted octanol–water partition coefficient (Wildman–Crippen LogP) is 7.63. The maximum Gasteiger partial charge on any atom is 0.255 e. The van der Waals surface area contributed by atoms with Crippen LogP contribution in [0.5, 0.6) is 11.5 Å². The van der Waals surface area contributed by atoms with Gasteiger partial charge in [0.1, 0.15) is 17.3 Å². The molecule has 3 N–H and O–H groups in total. The van der Waals surface area contributed by atoms with Gasteiger partial charge in [-0.25, -0.2) is 4.98 Å². The van der Waals surface area contributed by atoms with Crippen molar-refractivity contribution >= 4 is 34.7 Å². The van der Waals surface area contributed by atoms with E-state index in [4.69, 9.17) is 4.74 Å². The highest BCUT2D eigenvalue weighted by molar-refractivity contribution is 6.04. The van der Waals surface area contributed by atoms with E-state index in [0.29, 0.717) is 28.8 Å². The van der Waals surface area contributed by atoms with E-state index in [2.05, 4.69) is 25.9 Å². The average molecular weight is 502 g/mol. The van der Waals surface area contributed by atoms with E-state index in [0.717, 1.165) is 22.8 Å². The van der Waals surface area contributed by atoms with Crippen LogP contribution >= 0.6 is 0 Å². The van der Waals surface area contributed by atoms with Crippen molar-refractivity contribution in [3.05, 3.63) is 126 Å². The topological polar surface area (TPSA) is 88.2 Å². The molecule has 0 radical (unpaired) electrons. The van der Waals surface area contributed by atoms with Crippen molar-refractivity contribution in [1.82, 2.24) is 9.97 Å². The zero-order valence-electron chi connectivity index (χ0n) is 21.1. The fourth-order valence-corrected chi connectivity index (χ4v) is 3.74. The fourth-order valence-electron chi connectivity index (χ4n) is 3.74. The molecule has 0 saturated carbocycles. The van der Waals surface area contributed by atoms with E-state index in [1.807, 2.05) is 98.8 Å². The Morgan fingerprint density at radius 2 is 1.26 bits per heavy atom. The molecule has 1 amide bonds. The fraction of sp³-hybridized carbons (Fsp3) is 0.0645. The molecule has 0 fully saturated rings. The summed E-state index contributed by atoms with van der Waals surface area (Å²) in [6.07, 6.45) is 0. The highest BCUT2D eigenvalue weighted by atomic mass is 16.5. The van der Waals surface area contributed by atoms with Crippen LogP contribution in [0.1, 0.15) is 21.6 Å². The molecule has 5 aromatic rings. The lowest BCUT2D eigenvalue weighted by Gasteiger charge is -2.11. The van der Waals surface area contributed by atoms with Crippen LogP contribution in [0.2, 0.25) is 0 Å². The Bertz CT molecular complexity index is 1520. The zero-order chi connectivity index (χ0) is 26.3. The number of hydrogen-bond donors (Lipinski definition) is 3. The number of ether oxygens (including phenoxy) is 1. The molecule has 0 spiro atoms. The van der Waals surface area contributed by atoms with Crippen LogP contribution in [0, 0.1) is 13.8 Å². The maximum absolute atomic E-state index is 12.7. The Kier molecular flexibility index (Phi) is 7.27. The lowest BCUT2D eigenvalue weighted by atomic mass is 10.2. The third-order valence-corrected chi connectivity index (χ3v) is 5.67. The molecule has 7 nitrogen and oxygen atoms in total. The summed E-state index contributed by atoms with van der Waals surface area (Å²) in [6.45, 7) is 3.97. The number of para-hydroxylation sites is 1. The third-order valence-electron chi connectivity index (χ3n) is 5.67. The molecule has 0 bridgehead atoms. The van der Waals surface area contributed by atoms with Gasteiger partial charge in [-0.15, -0.1) is 0 Å². The summed E-state index contributed by atoms with van der Waals surface area (Å²) in [6, 6.07) is 33.9. The molecule has 0 saturated heterocycles. The van der Waals surface area contributed by atoms with Gasteiger partial charge in [0.25, 0.3) is 5.91 Å². The Labute approximate surface area is 221 Å². The second kappa shape index (κ2) is 11.3. The van der Waals surface area contributed by atoms with E-state index in [1.54, 1.807) is 24.3 Å². The van der Waals surface area contributed by atoms with Crippen molar-refractivity contribution in [2.24, 2.45) is 0 Å². The number of aromatic nitrogens is 2. The van der Waals surface area contributed by atoms with Gasteiger partial charge in [-0.05, 0) is 86.6 Å². The monoisotopic (exact) mass is 501 g/mol. The van der Waals surface area contributed by atoms with Crippen molar-refractivity contribution in [1.29, 1.82) is 0 Å². The average Bonchev–Trinajstić information content (AvgIpc) is 2.92. The second-order valence-electron chi connectivity index (χ2n) is 8.81. The number of amides is 1. The number of anilines is 5. The first-order chi connectivity index (χ1) is 18.5. The lowest BCUT2D eigenvalue weighted by molar-refractivity contribution is 0.102. The Balaban J connectivity index is 1.19. The number of benzene rings is 4. The highest BCUT2D eigenvalue weighted by Gasteiger charge is 2.08. The van der Waals surface area contributed by atoms with Crippen LogP contribution in [0.15, 0.2) is 109 Å². The van der Waals surface area contributed by atoms with Gasteiger partial charge in [0, 0.05) is 34.4 Å². The van der Waals surface area contributed by atoms with E-state index >= 15 is 0 Å². The van der Waals surface area contributed by atoms with E-state index in [9.17, 15) is 4.79 Å². The molecular weight excluding hydrogens is 474 g/mol. The van der Waals surface area contributed by atoms with Crippen LogP contribution < -0.4 is 20.7 Å². The molecule has 0 aliphatic heterocycles. The minimum Gasteiger partial charge on any atom is -0.457 e.